The maximum absolute atomic E-state index is 12.7. The minimum Gasteiger partial charge on any atom is -0.509 e. The van der Waals surface area contributed by atoms with Crippen molar-refractivity contribution in [3.05, 3.63) is 46.3 Å². The largest absolute Gasteiger partial charge is 0.509 e. The summed E-state index contributed by atoms with van der Waals surface area (Å²) in [6.45, 7) is 14.0. The second-order valence-electron chi connectivity index (χ2n) is 13.0. The van der Waals surface area contributed by atoms with Crippen LogP contribution in [0.25, 0.3) is 0 Å². The number of halogens is 1. The van der Waals surface area contributed by atoms with Crippen LogP contribution < -0.4 is 0 Å². The fourth-order valence-corrected chi connectivity index (χ4v) is 9.25. The molecule has 2 N–H and O–H groups in total. The lowest BCUT2D eigenvalue weighted by Crippen LogP contribution is -2.62. The fraction of sp³-hybridized carbons (Fsp3) is 0.690. The van der Waals surface area contributed by atoms with Crippen LogP contribution in [0.5, 0.6) is 0 Å². The van der Waals surface area contributed by atoms with Gasteiger partial charge in [-0.25, -0.2) is 0 Å². The Kier molecular flexibility index (Phi) is 5.12. The van der Waals surface area contributed by atoms with Crippen LogP contribution in [0.4, 0.5) is 0 Å². The Hall–Kier alpha value is -0.880. The molecule has 4 heteroatoms. The Labute approximate surface area is 212 Å². The van der Waals surface area contributed by atoms with Crippen LogP contribution in [-0.2, 0) is 4.79 Å². The van der Waals surface area contributed by atoms with Crippen LogP contribution >= 0.6 is 22.6 Å². The number of aliphatic hydroxyl groups excluding tert-OH is 2. The van der Waals surface area contributed by atoms with Gasteiger partial charge in [-0.05, 0) is 96.8 Å². The molecule has 3 saturated carbocycles. The predicted octanol–water partition coefficient (Wildman–Crippen LogP) is 7.37. The van der Waals surface area contributed by atoms with Gasteiger partial charge in [0.2, 0.25) is 0 Å². The summed E-state index contributed by atoms with van der Waals surface area (Å²) < 4.78 is 0.326. The molecule has 5 aliphatic rings. The highest BCUT2D eigenvalue weighted by Crippen LogP contribution is 2.75. The quantitative estimate of drug-likeness (QED) is 0.259. The number of hydrogen-bond acceptors (Lipinski definition) is 3. The summed E-state index contributed by atoms with van der Waals surface area (Å²) in [5.41, 5.74) is 4.70. The second kappa shape index (κ2) is 7.09. The number of aliphatic hydroxyl groups is 2. The normalized spacial score (nSPS) is 49.0. The van der Waals surface area contributed by atoms with Gasteiger partial charge in [-0.2, -0.15) is 0 Å². The van der Waals surface area contributed by atoms with Crippen molar-refractivity contribution >= 4 is 26.4 Å². The molecule has 0 heterocycles. The lowest BCUT2D eigenvalue weighted by molar-refractivity contribution is -0.164. The minimum atomic E-state index is -0.919. The van der Waals surface area contributed by atoms with Crippen molar-refractivity contribution in [2.75, 3.05) is 0 Å². The summed E-state index contributed by atoms with van der Waals surface area (Å²) in [6, 6.07) is 0. The number of allylic oxidation sites excluding steroid dienone is 6. The molecule has 0 aromatic heterocycles. The lowest BCUT2D eigenvalue weighted by atomic mass is 9.34. The average molecular weight is 563 g/mol. The summed E-state index contributed by atoms with van der Waals surface area (Å²) in [5.74, 6) is 0.601. The maximum Gasteiger partial charge on any atom is 0.198 e. The Bertz CT molecular complexity index is 1060. The van der Waals surface area contributed by atoms with Crippen molar-refractivity contribution in [2.24, 2.45) is 33.0 Å². The van der Waals surface area contributed by atoms with E-state index in [1.807, 2.05) is 35.6 Å². The lowest BCUT2D eigenvalue weighted by Gasteiger charge is -2.70. The van der Waals surface area contributed by atoms with Crippen LogP contribution in [0.15, 0.2) is 46.3 Å². The van der Waals surface area contributed by atoms with Crippen LogP contribution in [0, 0.1) is 33.0 Å². The van der Waals surface area contributed by atoms with E-state index in [9.17, 15) is 15.0 Å². The summed E-state index contributed by atoms with van der Waals surface area (Å²) in [7, 11) is 0. The highest BCUT2D eigenvalue weighted by molar-refractivity contribution is 14.1. The van der Waals surface area contributed by atoms with Crippen molar-refractivity contribution < 1.29 is 15.0 Å². The standard InChI is InChI=1S/C29H39IO3/c1-17-18-7-8-21-27(4,19(18)15-20(31)23(17)32)12-14-29(6)22-16-26(3,24(30)33)10-9-25(22,2)11-13-28(21,29)5/h7-8,15,20,22,31-32H,9-14,16H2,1-6H3. The average Bonchev–Trinajstić information content (AvgIpc) is 2.75. The van der Waals surface area contributed by atoms with Gasteiger partial charge in [0.15, 0.2) is 3.79 Å². The fourth-order valence-electron chi connectivity index (χ4n) is 8.76. The van der Waals surface area contributed by atoms with E-state index >= 15 is 0 Å². The van der Waals surface area contributed by atoms with Crippen molar-refractivity contribution in [3.63, 3.8) is 0 Å². The molecular formula is C29H39IO3. The molecule has 7 unspecified atom stereocenters. The van der Waals surface area contributed by atoms with Gasteiger partial charge in [0, 0.05) is 33.4 Å². The van der Waals surface area contributed by atoms with E-state index in [1.54, 1.807) is 0 Å². The first kappa shape index (κ1) is 23.8. The van der Waals surface area contributed by atoms with E-state index in [4.69, 9.17) is 0 Å². The van der Waals surface area contributed by atoms with E-state index in [0.29, 0.717) is 15.1 Å². The van der Waals surface area contributed by atoms with Gasteiger partial charge in [0.1, 0.15) is 11.9 Å². The summed E-state index contributed by atoms with van der Waals surface area (Å²) in [4.78, 5) is 12.7. The number of carbonyl (C=O) groups excluding carboxylic acids is 1. The van der Waals surface area contributed by atoms with E-state index in [0.717, 1.165) is 43.3 Å². The van der Waals surface area contributed by atoms with E-state index in [1.165, 1.54) is 24.0 Å². The van der Waals surface area contributed by atoms with Crippen LogP contribution in [0.2, 0.25) is 0 Å². The molecule has 0 saturated heterocycles. The van der Waals surface area contributed by atoms with Gasteiger partial charge >= 0.3 is 0 Å². The molecule has 0 amide bonds. The van der Waals surface area contributed by atoms with Crippen molar-refractivity contribution in [2.45, 2.75) is 92.6 Å². The maximum atomic E-state index is 12.7. The molecule has 0 aromatic carbocycles. The van der Waals surface area contributed by atoms with Gasteiger partial charge in [0.05, 0.1) is 0 Å². The zero-order chi connectivity index (χ0) is 24.2. The minimum absolute atomic E-state index is 0.0433. The summed E-state index contributed by atoms with van der Waals surface area (Å²) >= 11 is 2.05. The Morgan fingerprint density at radius 3 is 2.33 bits per heavy atom. The van der Waals surface area contributed by atoms with E-state index < -0.39 is 6.10 Å². The van der Waals surface area contributed by atoms with Crippen molar-refractivity contribution in [3.8, 4) is 0 Å². The van der Waals surface area contributed by atoms with Gasteiger partial charge < -0.3 is 10.2 Å². The first-order valence-electron chi connectivity index (χ1n) is 12.7. The second-order valence-corrected chi connectivity index (χ2v) is 14.0. The van der Waals surface area contributed by atoms with E-state index in [-0.39, 0.29) is 27.4 Å². The summed E-state index contributed by atoms with van der Waals surface area (Å²) in [5, 5.41) is 21.0. The molecule has 180 valence electrons. The SMILES string of the molecule is CC1=C(O)C(O)C=C2C1=CC=C1C2(C)CCC2(C)C3CC(C)(C(=O)I)CCC3(C)CCC12C. The smallest absolute Gasteiger partial charge is 0.198 e. The molecule has 0 bridgehead atoms. The monoisotopic (exact) mass is 562 g/mol. The zero-order valence-electron chi connectivity index (χ0n) is 21.0. The first-order chi connectivity index (χ1) is 15.2. The molecule has 0 radical (unpaired) electrons. The Morgan fingerprint density at radius 1 is 1.00 bits per heavy atom. The number of fused-ring (bicyclic) bond motifs is 7. The third-order valence-corrected chi connectivity index (χ3v) is 12.8. The Balaban J connectivity index is 1.64. The zero-order valence-corrected chi connectivity index (χ0v) is 23.2. The number of rotatable bonds is 1. The summed E-state index contributed by atoms with van der Waals surface area (Å²) in [6.07, 6.45) is 13.2. The first-order valence-corrected chi connectivity index (χ1v) is 13.7. The molecule has 5 rings (SSSR count). The molecule has 3 fully saturated rings. The molecule has 0 aliphatic heterocycles. The predicted molar refractivity (Wildman–Crippen MR) is 141 cm³/mol. The van der Waals surface area contributed by atoms with Crippen LogP contribution in [-0.4, -0.2) is 20.1 Å². The third kappa shape index (κ3) is 2.92. The van der Waals surface area contributed by atoms with Crippen LogP contribution in [0.3, 0.4) is 0 Å². The van der Waals surface area contributed by atoms with E-state index in [2.05, 4.69) is 46.8 Å². The van der Waals surface area contributed by atoms with Gasteiger partial charge in [0.25, 0.3) is 0 Å². The molecule has 0 aromatic rings. The molecule has 5 aliphatic carbocycles. The molecule has 0 spiro atoms. The molecule has 33 heavy (non-hydrogen) atoms. The molecular weight excluding hydrogens is 523 g/mol. The van der Waals surface area contributed by atoms with Gasteiger partial charge in [-0.15, -0.1) is 0 Å². The van der Waals surface area contributed by atoms with Gasteiger partial charge in [-0.3, -0.25) is 4.79 Å². The topological polar surface area (TPSA) is 57.5 Å². The third-order valence-electron chi connectivity index (χ3n) is 11.5. The number of hydrogen-bond donors (Lipinski definition) is 2. The van der Waals surface area contributed by atoms with Crippen LogP contribution in [0.1, 0.15) is 86.5 Å². The molecule has 7 atom stereocenters. The highest BCUT2D eigenvalue weighted by atomic mass is 127. The Morgan fingerprint density at radius 2 is 1.67 bits per heavy atom. The van der Waals surface area contributed by atoms with Gasteiger partial charge in [-0.1, -0.05) is 52.3 Å². The highest BCUT2D eigenvalue weighted by Gasteiger charge is 2.67. The van der Waals surface area contributed by atoms with Crippen molar-refractivity contribution in [1.82, 2.24) is 0 Å². The molecule has 3 nitrogen and oxygen atoms in total. The van der Waals surface area contributed by atoms with Crippen molar-refractivity contribution in [1.29, 1.82) is 0 Å². The number of carbonyl (C=O) groups is 1.